The molecule has 12 nitrogen and oxygen atoms in total. The predicted octanol–water partition coefficient (Wildman–Crippen LogP) is 0.838. The molecule has 182 valence electrons. The third-order valence-corrected chi connectivity index (χ3v) is 5.19. The fraction of sp³-hybridized carbons (Fsp3) is 0.409. The van der Waals surface area contributed by atoms with Crippen LogP contribution in [0.1, 0.15) is 43.5 Å². The van der Waals surface area contributed by atoms with Crippen LogP contribution in [0.15, 0.2) is 40.7 Å². The van der Waals surface area contributed by atoms with Crippen LogP contribution in [0.4, 0.5) is 0 Å². The number of amides is 2. The highest BCUT2D eigenvalue weighted by Crippen LogP contribution is 2.23. The standard InChI is InChI=1S/C11H16N2O4.C11H10N2O4/c2*1-2-17-11(16)8-9(14)12-7-5-3-4-6-13(7)10(8)15/h7,16H,2-6H2,1H3,(H,12,14);3-6,14H,2H2,1H3. The van der Waals surface area contributed by atoms with Crippen molar-refractivity contribution >= 4 is 23.4 Å². The van der Waals surface area contributed by atoms with Gasteiger partial charge in [0.25, 0.3) is 23.3 Å². The Morgan fingerprint density at radius 3 is 2.62 bits per heavy atom. The van der Waals surface area contributed by atoms with E-state index in [1.165, 1.54) is 10.6 Å². The summed E-state index contributed by atoms with van der Waals surface area (Å²) in [6, 6.07) is 4.85. The Morgan fingerprint density at radius 2 is 1.91 bits per heavy atom. The molecule has 0 aromatic carbocycles. The average Bonchev–Trinajstić information content (AvgIpc) is 2.80. The average molecular weight is 474 g/mol. The fourth-order valence-electron chi connectivity index (χ4n) is 3.65. The van der Waals surface area contributed by atoms with Crippen molar-refractivity contribution in [2.45, 2.75) is 39.3 Å². The second kappa shape index (κ2) is 10.7. The fourth-order valence-corrected chi connectivity index (χ4v) is 3.65. The Morgan fingerprint density at radius 1 is 1.18 bits per heavy atom. The molecular formula is C22H26N4O8. The van der Waals surface area contributed by atoms with E-state index in [1.54, 1.807) is 36.9 Å². The molecule has 2 aliphatic heterocycles. The Kier molecular flexibility index (Phi) is 7.71. The number of carbonyl (C=O) groups excluding carboxylic acids is 3. The van der Waals surface area contributed by atoms with Gasteiger partial charge < -0.3 is 29.9 Å². The number of hydrogen-bond donors (Lipinski definition) is 3. The Labute approximate surface area is 194 Å². The van der Waals surface area contributed by atoms with Gasteiger partial charge in [0.2, 0.25) is 5.88 Å². The lowest BCUT2D eigenvalue weighted by molar-refractivity contribution is -0.141. The van der Waals surface area contributed by atoms with Crippen LogP contribution in [0.25, 0.3) is 5.65 Å². The molecule has 4 rings (SSSR count). The van der Waals surface area contributed by atoms with Gasteiger partial charge in [0, 0.05) is 12.7 Å². The lowest BCUT2D eigenvalue weighted by Gasteiger charge is -2.39. The van der Waals surface area contributed by atoms with Crippen molar-refractivity contribution in [1.29, 1.82) is 0 Å². The normalized spacial score (nSPS) is 18.9. The van der Waals surface area contributed by atoms with Crippen molar-refractivity contribution < 1.29 is 34.1 Å². The number of piperidine rings is 1. The summed E-state index contributed by atoms with van der Waals surface area (Å²) >= 11 is 0. The summed E-state index contributed by atoms with van der Waals surface area (Å²) in [5.74, 6) is -3.06. The highest BCUT2D eigenvalue weighted by Gasteiger charge is 2.40. The van der Waals surface area contributed by atoms with E-state index in [9.17, 15) is 29.4 Å². The lowest BCUT2D eigenvalue weighted by atomic mass is 10.0. The van der Waals surface area contributed by atoms with Crippen LogP contribution < -0.4 is 10.9 Å². The minimum absolute atomic E-state index is 0.120. The van der Waals surface area contributed by atoms with Crippen molar-refractivity contribution in [3.05, 3.63) is 51.8 Å². The molecule has 4 heterocycles. The first-order valence-electron chi connectivity index (χ1n) is 10.8. The topological polar surface area (TPSA) is 160 Å². The number of aromatic hydroxyl groups is 1. The number of pyridine rings is 1. The van der Waals surface area contributed by atoms with Crippen LogP contribution in [0.3, 0.4) is 0 Å². The maximum Gasteiger partial charge on any atom is 0.349 e. The van der Waals surface area contributed by atoms with Gasteiger partial charge in [-0.15, -0.1) is 0 Å². The molecule has 0 bridgehead atoms. The van der Waals surface area contributed by atoms with Crippen LogP contribution in [0, 0.1) is 0 Å². The summed E-state index contributed by atoms with van der Waals surface area (Å²) < 4.78 is 10.7. The minimum Gasteiger partial charge on any atom is -0.492 e. The van der Waals surface area contributed by atoms with Crippen LogP contribution >= 0.6 is 0 Å². The van der Waals surface area contributed by atoms with Crippen LogP contribution in [0.5, 0.6) is 5.88 Å². The summed E-state index contributed by atoms with van der Waals surface area (Å²) in [6.45, 7) is 4.22. The maximum atomic E-state index is 12.1. The Bertz CT molecular complexity index is 1190. The highest BCUT2D eigenvalue weighted by molar-refractivity contribution is 6.20. The van der Waals surface area contributed by atoms with E-state index in [0.717, 1.165) is 19.3 Å². The molecule has 12 heteroatoms. The first-order chi connectivity index (χ1) is 16.3. The molecule has 1 unspecified atom stereocenters. The van der Waals surface area contributed by atoms with Crippen molar-refractivity contribution in [1.82, 2.24) is 19.6 Å². The number of hydrogen-bond acceptors (Lipinski definition) is 9. The summed E-state index contributed by atoms with van der Waals surface area (Å²) in [4.78, 5) is 52.5. The zero-order valence-electron chi connectivity index (χ0n) is 18.8. The molecule has 0 radical (unpaired) electrons. The molecule has 2 saturated heterocycles. The molecule has 3 N–H and O–H groups in total. The smallest absolute Gasteiger partial charge is 0.349 e. The van der Waals surface area contributed by atoms with Gasteiger partial charge >= 0.3 is 5.97 Å². The van der Waals surface area contributed by atoms with Crippen LogP contribution in [-0.4, -0.2) is 68.2 Å². The van der Waals surface area contributed by atoms with Gasteiger partial charge in [-0.2, -0.15) is 4.98 Å². The number of aliphatic hydroxyl groups excluding tert-OH is 1. The summed E-state index contributed by atoms with van der Waals surface area (Å²) in [7, 11) is 0. The number of nitrogens with zero attached hydrogens (tertiary/aromatic N) is 3. The van der Waals surface area contributed by atoms with Crippen LogP contribution in [0.2, 0.25) is 0 Å². The number of aromatic nitrogens is 2. The van der Waals surface area contributed by atoms with E-state index in [0.29, 0.717) is 6.54 Å². The molecule has 0 saturated carbocycles. The molecule has 1 atom stereocenters. The quantitative estimate of drug-likeness (QED) is 0.252. The van der Waals surface area contributed by atoms with E-state index in [2.05, 4.69) is 15.0 Å². The van der Waals surface area contributed by atoms with Crippen molar-refractivity contribution in [2.75, 3.05) is 19.8 Å². The molecule has 2 fully saturated rings. The van der Waals surface area contributed by atoms with Crippen LogP contribution in [-0.2, 0) is 19.1 Å². The zero-order valence-corrected chi connectivity index (χ0v) is 18.8. The SMILES string of the molecule is CCOC(=O)c1c(O)nc2ccccn2c1=O.CCOC(O)=C1C(=O)NC2CCCCN2C1=O. The number of nitrogens with one attached hydrogen (secondary N) is 1. The van der Waals surface area contributed by atoms with Gasteiger partial charge in [0.05, 0.1) is 13.2 Å². The van der Waals surface area contributed by atoms with Gasteiger partial charge in [0.15, 0.2) is 11.1 Å². The van der Waals surface area contributed by atoms with Crippen molar-refractivity contribution in [2.24, 2.45) is 0 Å². The largest absolute Gasteiger partial charge is 0.492 e. The van der Waals surface area contributed by atoms with Gasteiger partial charge in [-0.05, 0) is 45.2 Å². The van der Waals surface area contributed by atoms with Gasteiger partial charge in [-0.1, -0.05) is 6.07 Å². The molecule has 34 heavy (non-hydrogen) atoms. The number of esters is 1. The number of carbonyl (C=O) groups is 3. The summed E-state index contributed by atoms with van der Waals surface area (Å²) in [6.07, 6.45) is 3.90. The van der Waals surface area contributed by atoms with E-state index >= 15 is 0 Å². The first kappa shape index (κ1) is 24.6. The van der Waals surface area contributed by atoms with Crippen molar-refractivity contribution in [3.8, 4) is 5.88 Å². The number of rotatable bonds is 4. The third kappa shape index (κ3) is 4.95. The number of ether oxygens (including phenoxy) is 2. The second-order valence-corrected chi connectivity index (χ2v) is 7.36. The van der Waals surface area contributed by atoms with E-state index < -0.39 is 40.7 Å². The lowest BCUT2D eigenvalue weighted by Crippen LogP contribution is -2.59. The molecule has 2 aromatic heterocycles. The Hall–Kier alpha value is -4.09. The molecule has 0 spiro atoms. The zero-order chi connectivity index (χ0) is 24.8. The molecule has 0 aliphatic carbocycles. The number of fused-ring (bicyclic) bond motifs is 2. The van der Waals surface area contributed by atoms with E-state index in [-0.39, 0.29) is 30.6 Å². The summed E-state index contributed by atoms with van der Waals surface area (Å²) in [5, 5.41) is 21.8. The monoisotopic (exact) mass is 474 g/mol. The molecule has 2 amide bonds. The van der Waals surface area contributed by atoms with E-state index in [4.69, 9.17) is 4.74 Å². The van der Waals surface area contributed by atoms with Gasteiger partial charge in [-0.25, -0.2) is 4.79 Å². The molecule has 2 aliphatic rings. The maximum absolute atomic E-state index is 12.1. The third-order valence-electron chi connectivity index (χ3n) is 5.19. The Balaban J connectivity index is 0.000000191. The molecular weight excluding hydrogens is 448 g/mol. The predicted molar refractivity (Wildman–Crippen MR) is 118 cm³/mol. The second-order valence-electron chi connectivity index (χ2n) is 7.36. The summed E-state index contributed by atoms with van der Waals surface area (Å²) in [5.41, 5.74) is -1.12. The molecule has 2 aromatic rings. The highest BCUT2D eigenvalue weighted by atomic mass is 16.6. The number of aliphatic hydroxyl groups is 1. The van der Waals surface area contributed by atoms with Crippen molar-refractivity contribution in [3.63, 3.8) is 0 Å². The minimum atomic E-state index is -0.874. The van der Waals surface area contributed by atoms with E-state index in [1.807, 2.05) is 0 Å². The first-order valence-corrected chi connectivity index (χ1v) is 10.8. The van der Waals surface area contributed by atoms with Gasteiger partial charge in [-0.3, -0.25) is 18.8 Å². The van der Waals surface area contributed by atoms with Gasteiger partial charge in [0.1, 0.15) is 11.8 Å².